The van der Waals surface area contributed by atoms with Crippen molar-refractivity contribution in [2.24, 2.45) is 0 Å². The molecule has 0 N–H and O–H groups in total. The molecule has 0 radical (unpaired) electrons. The highest BCUT2D eigenvalue weighted by Gasteiger charge is 2.34. The van der Waals surface area contributed by atoms with Crippen molar-refractivity contribution in [3.05, 3.63) is 58.1 Å². The molecule has 4 rings (SSSR count). The summed E-state index contributed by atoms with van der Waals surface area (Å²) in [5.41, 5.74) is 3.08. The fourth-order valence-electron chi connectivity index (χ4n) is 3.53. The first-order chi connectivity index (χ1) is 13.5. The van der Waals surface area contributed by atoms with Gasteiger partial charge < -0.3 is 14.0 Å². The number of hydrogen-bond acceptors (Lipinski definition) is 6. The Bertz CT molecular complexity index is 884. The Morgan fingerprint density at radius 1 is 1.07 bits per heavy atom. The monoisotopic (exact) mass is 443 g/mol. The molecule has 28 heavy (non-hydrogen) atoms. The van der Waals surface area contributed by atoms with Crippen LogP contribution in [-0.2, 0) is 25.3 Å². The Morgan fingerprint density at radius 3 is 2.43 bits per heavy atom. The van der Waals surface area contributed by atoms with Crippen LogP contribution in [0.15, 0.2) is 46.9 Å². The second-order valence-electron chi connectivity index (χ2n) is 7.01. The zero-order chi connectivity index (χ0) is 19.7. The van der Waals surface area contributed by atoms with Crippen LogP contribution in [0.2, 0.25) is 0 Å². The highest BCUT2D eigenvalue weighted by Crippen LogP contribution is 2.38. The maximum Gasteiger partial charge on any atom is 0.636 e. The molecule has 144 valence electrons. The fourth-order valence-corrected chi connectivity index (χ4v) is 4.11. The first kappa shape index (κ1) is 19.0. The number of hydrogen-bond donors (Lipinski definition) is 0. The summed E-state index contributed by atoms with van der Waals surface area (Å²) in [6.07, 6.45) is 1.90. The average Bonchev–Trinajstić information content (AvgIpc) is 3.05. The third-order valence-corrected chi connectivity index (χ3v) is 5.61. The molecular weight excluding hydrogens is 425 g/mol. The third kappa shape index (κ3) is 4.08. The Morgan fingerprint density at radius 2 is 1.75 bits per heavy atom. The van der Waals surface area contributed by atoms with Crippen molar-refractivity contribution in [1.82, 2.24) is 4.90 Å². The minimum Gasteiger partial charge on any atom is -0.494 e. The predicted octanol–water partition coefficient (Wildman–Crippen LogP) is 2.24. The van der Waals surface area contributed by atoms with Crippen molar-refractivity contribution in [3.63, 3.8) is 0 Å². The molecule has 0 amide bonds. The minimum absolute atomic E-state index is 0.00550. The van der Waals surface area contributed by atoms with Gasteiger partial charge in [0.05, 0.1) is 13.1 Å². The number of rotatable bonds is 3. The molecule has 2 aromatic rings. The molecule has 8 heteroatoms. The molecule has 0 bridgehead atoms. The van der Waals surface area contributed by atoms with Gasteiger partial charge in [0.25, 0.3) is 0 Å². The van der Waals surface area contributed by atoms with Crippen LogP contribution in [-0.4, -0.2) is 44.1 Å². The van der Waals surface area contributed by atoms with Crippen molar-refractivity contribution < 1.29 is 23.6 Å². The summed E-state index contributed by atoms with van der Waals surface area (Å²) in [5.74, 6) is -0.160. The molecule has 0 saturated carbocycles. The largest absolute Gasteiger partial charge is 0.636 e. The first-order valence-corrected chi connectivity index (χ1v) is 9.90. The number of halogens is 1. The lowest BCUT2D eigenvalue weighted by Gasteiger charge is -2.22. The number of carbonyl (C=O) groups excluding carboxylic acids is 2. The molecule has 1 heterocycles. The molecule has 1 fully saturated rings. The number of nitrogens with zero attached hydrogens (tertiary/aromatic N) is 1. The summed E-state index contributed by atoms with van der Waals surface area (Å²) in [7, 11) is 0.625. The van der Waals surface area contributed by atoms with Gasteiger partial charge >= 0.3 is 19.1 Å². The molecule has 0 aromatic heterocycles. The van der Waals surface area contributed by atoms with E-state index >= 15 is 0 Å². The van der Waals surface area contributed by atoms with Gasteiger partial charge in [0.15, 0.2) is 0 Å². The summed E-state index contributed by atoms with van der Waals surface area (Å²) in [6, 6.07) is 13.3. The van der Waals surface area contributed by atoms with E-state index in [1.165, 1.54) is 11.1 Å². The van der Waals surface area contributed by atoms with Gasteiger partial charge in [0, 0.05) is 9.94 Å². The van der Waals surface area contributed by atoms with Gasteiger partial charge in [-0.1, -0.05) is 40.2 Å². The molecule has 1 saturated heterocycles. The highest BCUT2D eigenvalue weighted by molar-refractivity contribution is 9.10. The predicted molar refractivity (Wildman–Crippen MR) is 107 cm³/mol. The van der Waals surface area contributed by atoms with E-state index in [9.17, 15) is 9.59 Å². The van der Waals surface area contributed by atoms with Crippen molar-refractivity contribution in [1.29, 1.82) is 0 Å². The molecule has 6 nitrogen and oxygen atoms in total. The fraction of sp³-hybridized carbons (Fsp3) is 0.300. The van der Waals surface area contributed by atoms with Crippen LogP contribution in [0.1, 0.15) is 23.7 Å². The van der Waals surface area contributed by atoms with Crippen LogP contribution < -0.4 is 10.2 Å². The number of ether oxygens (including phenoxy) is 1. The molecular formula is C20H19BBrNO5. The minimum atomic E-state index is -1.04. The lowest BCUT2D eigenvalue weighted by molar-refractivity contribution is -0.145. The van der Waals surface area contributed by atoms with Crippen molar-refractivity contribution in [2.75, 3.05) is 20.1 Å². The van der Waals surface area contributed by atoms with E-state index in [-0.39, 0.29) is 19.2 Å². The Kier molecular flexibility index (Phi) is 5.41. The Labute approximate surface area is 172 Å². The Hall–Kier alpha value is -2.32. The van der Waals surface area contributed by atoms with Gasteiger partial charge in [-0.3, -0.25) is 14.5 Å². The van der Waals surface area contributed by atoms with Gasteiger partial charge in [0.1, 0.15) is 11.9 Å². The summed E-state index contributed by atoms with van der Waals surface area (Å²) >= 11 is 3.60. The lowest BCUT2D eigenvalue weighted by Crippen LogP contribution is -2.47. The van der Waals surface area contributed by atoms with Gasteiger partial charge in [0.2, 0.25) is 0 Å². The molecule has 1 aliphatic heterocycles. The van der Waals surface area contributed by atoms with Crippen molar-refractivity contribution >= 4 is 40.4 Å². The third-order valence-electron chi connectivity index (χ3n) is 4.86. The summed E-state index contributed by atoms with van der Waals surface area (Å²) < 4.78 is 17.8. The average molecular weight is 444 g/mol. The van der Waals surface area contributed by atoms with E-state index in [0.717, 1.165) is 17.3 Å². The van der Waals surface area contributed by atoms with E-state index in [4.69, 9.17) is 14.0 Å². The van der Waals surface area contributed by atoms with E-state index in [2.05, 4.69) is 22.0 Å². The molecule has 0 spiro atoms. The number of fused-ring (bicyclic) bond motifs is 1. The smallest absolute Gasteiger partial charge is 0.494 e. The van der Waals surface area contributed by atoms with Crippen LogP contribution in [0.4, 0.5) is 0 Å². The maximum absolute atomic E-state index is 11.9. The number of carbonyl (C=O) groups is 2. The summed E-state index contributed by atoms with van der Waals surface area (Å²) in [6.45, 7) is 0.0902. The molecule has 0 unspecified atom stereocenters. The zero-order valence-corrected chi connectivity index (χ0v) is 17.0. The maximum atomic E-state index is 11.9. The molecule has 2 aromatic carbocycles. The second-order valence-corrected chi connectivity index (χ2v) is 7.86. The van der Waals surface area contributed by atoms with Gasteiger partial charge in [-0.2, -0.15) is 0 Å². The lowest BCUT2D eigenvalue weighted by atomic mass is 9.78. The van der Waals surface area contributed by atoms with Crippen LogP contribution in [0.25, 0.3) is 0 Å². The molecule has 1 aliphatic carbocycles. The molecule has 1 atom stereocenters. The van der Waals surface area contributed by atoms with Crippen LogP contribution in [0, 0.1) is 0 Å². The first-order valence-electron chi connectivity index (χ1n) is 9.11. The van der Waals surface area contributed by atoms with E-state index in [1.54, 1.807) is 36.2 Å². The Balaban J connectivity index is 1.47. The molecule has 2 aliphatic rings. The van der Waals surface area contributed by atoms with E-state index in [0.29, 0.717) is 11.2 Å². The van der Waals surface area contributed by atoms with Gasteiger partial charge in [-0.15, -0.1) is 0 Å². The number of likely N-dealkylation sites (N-methyl/N-ethyl adjacent to an activating group) is 1. The van der Waals surface area contributed by atoms with Gasteiger partial charge in [-0.05, 0) is 49.2 Å². The van der Waals surface area contributed by atoms with Crippen molar-refractivity contribution in [2.45, 2.75) is 18.9 Å². The second kappa shape index (κ2) is 7.97. The highest BCUT2D eigenvalue weighted by atomic mass is 79.9. The summed E-state index contributed by atoms with van der Waals surface area (Å²) in [4.78, 5) is 25.3. The quantitative estimate of drug-likeness (QED) is 0.678. The van der Waals surface area contributed by atoms with Crippen LogP contribution in [0.5, 0.6) is 5.75 Å². The standard InChI is InChI=1S/C20H19BBrNO5/c1-23-11-19(24)27-21(28-20(25)12-23)13-5-7-14(8-6-13)26-18-10-9-15-16(18)3-2-4-17(15)22/h2-8,18H,9-12H2,1H3/t18-/m1/s1. The van der Waals surface area contributed by atoms with Crippen LogP contribution >= 0.6 is 15.9 Å². The summed E-state index contributed by atoms with van der Waals surface area (Å²) in [5, 5.41) is 0. The SMILES string of the molecule is CN1CC(=O)OB(c2ccc(O[C@@H]3CCc4c(Br)cccc43)cc2)OC(=O)C1. The topological polar surface area (TPSA) is 65.1 Å². The number of benzene rings is 2. The normalized spacial score (nSPS) is 20.1. The van der Waals surface area contributed by atoms with Gasteiger partial charge in [-0.25, -0.2) is 0 Å². The zero-order valence-electron chi connectivity index (χ0n) is 15.4. The van der Waals surface area contributed by atoms with Crippen LogP contribution in [0.3, 0.4) is 0 Å². The van der Waals surface area contributed by atoms with Crippen molar-refractivity contribution in [3.8, 4) is 5.75 Å². The van der Waals surface area contributed by atoms with E-state index in [1.807, 2.05) is 12.1 Å². The van der Waals surface area contributed by atoms with E-state index < -0.39 is 19.1 Å².